The third-order valence-electron chi connectivity index (χ3n) is 3.63. The van der Waals surface area contributed by atoms with Gasteiger partial charge in [-0.15, -0.1) is 0 Å². The van der Waals surface area contributed by atoms with Gasteiger partial charge in [-0.25, -0.2) is 4.79 Å². The minimum Gasteiger partial charge on any atom is -0.478 e. The molecule has 0 bridgehead atoms. The van der Waals surface area contributed by atoms with Crippen LogP contribution in [0.25, 0.3) is 10.9 Å². The molecule has 3 N–H and O–H groups in total. The Morgan fingerprint density at radius 2 is 1.76 bits per heavy atom. The van der Waals surface area contributed by atoms with Gasteiger partial charge in [-0.1, -0.05) is 24.3 Å². The van der Waals surface area contributed by atoms with E-state index in [-0.39, 0.29) is 0 Å². The summed E-state index contributed by atoms with van der Waals surface area (Å²) in [6, 6.07) is 15.2. The molecule has 0 aliphatic rings. The van der Waals surface area contributed by atoms with Gasteiger partial charge in [0.15, 0.2) is 0 Å². The third-order valence-corrected chi connectivity index (χ3v) is 3.63. The van der Waals surface area contributed by atoms with Crippen LogP contribution in [0.2, 0.25) is 0 Å². The summed E-state index contributed by atoms with van der Waals surface area (Å²) in [7, 11) is 0. The topological polar surface area (TPSA) is 68.2 Å². The molecule has 21 heavy (non-hydrogen) atoms. The smallest absolute Gasteiger partial charge is 0.335 e. The highest BCUT2D eigenvalue weighted by atomic mass is 16.4. The van der Waals surface area contributed by atoms with E-state index in [1.165, 1.54) is 5.39 Å². The number of benzene rings is 2. The average molecular weight is 280 g/mol. The highest BCUT2D eigenvalue weighted by Crippen LogP contribution is 2.19. The number of carboxylic acid groups (broad SMARTS) is 1. The van der Waals surface area contributed by atoms with Crippen molar-refractivity contribution in [3.63, 3.8) is 0 Å². The molecule has 0 radical (unpaired) electrons. The first-order valence-corrected chi connectivity index (χ1v) is 6.77. The van der Waals surface area contributed by atoms with Gasteiger partial charge in [-0.3, -0.25) is 0 Å². The molecule has 106 valence electrons. The summed E-state index contributed by atoms with van der Waals surface area (Å²) >= 11 is 0. The third kappa shape index (κ3) is 2.66. The molecule has 3 aromatic rings. The van der Waals surface area contributed by atoms with Gasteiger partial charge in [0.2, 0.25) is 0 Å². The number of rotatable bonds is 4. The van der Waals surface area contributed by atoms with Crippen LogP contribution in [0.5, 0.6) is 0 Å². The van der Waals surface area contributed by atoms with Crippen molar-refractivity contribution < 1.29 is 9.90 Å². The van der Waals surface area contributed by atoms with Crippen molar-refractivity contribution in [1.29, 1.82) is 0 Å². The van der Waals surface area contributed by atoms with Gasteiger partial charge in [-0.2, -0.15) is 0 Å². The van der Waals surface area contributed by atoms with Crippen molar-refractivity contribution in [2.45, 2.75) is 13.1 Å². The maximum atomic E-state index is 10.9. The number of nitrogens with zero attached hydrogens (tertiary/aromatic N) is 1. The number of hydrogen-bond donors (Lipinski definition) is 2. The largest absolute Gasteiger partial charge is 0.478 e. The number of nitrogens with two attached hydrogens (primary N) is 1. The van der Waals surface area contributed by atoms with E-state index in [4.69, 9.17) is 10.8 Å². The molecule has 0 spiro atoms. The first kappa shape index (κ1) is 13.4. The number of carboxylic acids is 1. The zero-order valence-electron chi connectivity index (χ0n) is 11.5. The summed E-state index contributed by atoms with van der Waals surface area (Å²) in [5.41, 5.74) is 9.30. The molecule has 0 saturated heterocycles. The summed E-state index contributed by atoms with van der Waals surface area (Å²) in [4.78, 5) is 10.9. The molecule has 0 aliphatic heterocycles. The lowest BCUT2D eigenvalue weighted by atomic mass is 10.1. The molecule has 1 aromatic heterocycles. The summed E-state index contributed by atoms with van der Waals surface area (Å²) in [5, 5.41) is 10.1. The van der Waals surface area contributed by atoms with Crippen LogP contribution in [0.15, 0.2) is 54.7 Å². The van der Waals surface area contributed by atoms with Crippen LogP contribution in [0.1, 0.15) is 21.5 Å². The predicted molar refractivity (Wildman–Crippen MR) is 82.3 cm³/mol. The van der Waals surface area contributed by atoms with E-state index in [0.717, 1.165) is 16.6 Å². The van der Waals surface area contributed by atoms with E-state index >= 15 is 0 Å². The van der Waals surface area contributed by atoms with Crippen LogP contribution in [-0.4, -0.2) is 15.6 Å². The molecule has 0 atom stereocenters. The Hall–Kier alpha value is -2.59. The van der Waals surface area contributed by atoms with Crippen molar-refractivity contribution in [1.82, 2.24) is 4.57 Å². The highest BCUT2D eigenvalue weighted by Gasteiger charge is 2.05. The lowest BCUT2D eigenvalue weighted by Crippen LogP contribution is -2.01. The minimum absolute atomic E-state index is 0.307. The van der Waals surface area contributed by atoms with Gasteiger partial charge in [0.25, 0.3) is 0 Å². The van der Waals surface area contributed by atoms with Crippen molar-refractivity contribution in [3.8, 4) is 0 Å². The van der Waals surface area contributed by atoms with Crippen molar-refractivity contribution in [2.24, 2.45) is 5.73 Å². The first-order valence-electron chi connectivity index (χ1n) is 6.77. The molecule has 1 heterocycles. The van der Waals surface area contributed by atoms with E-state index < -0.39 is 5.97 Å². The molecular weight excluding hydrogens is 264 g/mol. The van der Waals surface area contributed by atoms with Crippen molar-refractivity contribution >= 4 is 16.9 Å². The van der Waals surface area contributed by atoms with Gasteiger partial charge in [0.05, 0.1) is 5.56 Å². The van der Waals surface area contributed by atoms with E-state index in [2.05, 4.69) is 22.8 Å². The van der Waals surface area contributed by atoms with Gasteiger partial charge in [-0.05, 0) is 40.8 Å². The fraction of sp³-hybridized carbons (Fsp3) is 0.118. The van der Waals surface area contributed by atoms with Gasteiger partial charge < -0.3 is 15.4 Å². The van der Waals surface area contributed by atoms with Crippen LogP contribution >= 0.6 is 0 Å². The van der Waals surface area contributed by atoms with Crippen LogP contribution < -0.4 is 5.73 Å². The molecule has 0 saturated carbocycles. The molecule has 4 nitrogen and oxygen atoms in total. The Labute approximate surface area is 122 Å². The second-order valence-electron chi connectivity index (χ2n) is 5.04. The fourth-order valence-corrected chi connectivity index (χ4v) is 2.44. The molecule has 0 aliphatic carbocycles. The van der Waals surface area contributed by atoms with Crippen molar-refractivity contribution in [2.75, 3.05) is 0 Å². The van der Waals surface area contributed by atoms with Crippen LogP contribution in [0, 0.1) is 0 Å². The van der Waals surface area contributed by atoms with Gasteiger partial charge in [0, 0.05) is 24.8 Å². The zero-order valence-corrected chi connectivity index (χ0v) is 11.5. The normalized spacial score (nSPS) is 10.9. The Kier molecular flexibility index (Phi) is 3.46. The van der Waals surface area contributed by atoms with E-state index in [0.29, 0.717) is 18.7 Å². The molecule has 2 aromatic carbocycles. The van der Waals surface area contributed by atoms with Crippen LogP contribution in [0.4, 0.5) is 0 Å². The van der Waals surface area contributed by atoms with Gasteiger partial charge >= 0.3 is 5.97 Å². The Morgan fingerprint density at radius 1 is 1.05 bits per heavy atom. The number of hydrogen-bond acceptors (Lipinski definition) is 2. The number of fused-ring (bicyclic) bond motifs is 1. The summed E-state index contributed by atoms with van der Waals surface area (Å²) in [6.07, 6.45) is 2.04. The first-order chi connectivity index (χ1) is 10.2. The minimum atomic E-state index is -0.902. The van der Waals surface area contributed by atoms with E-state index in [9.17, 15) is 4.79 Å². The Bertz CT molecular complexity index is 788. The second-order valence-corrected chi connectivity index (χ2v) is 5.04. The van der Waals surface area contributed by atoms with Crippen molar-refractivity contribution in [3.05, 3.63) is 71.4 Å². The number of aromatic carboxylic acids is 1. The Balaban J connectivity index is 1.92. The maximum Gasteiger partial charge on any atom is 0.335 e. The average Bonchev–Trinajstić information content (AvgIpc) is 2.90. The van der Waals surface area contributed by atoms with Gasteiger partial charge in [0.1, 0.15) is 0 Å². The summed E-state index contributed by atoms with van der Waals surface area (Å²) in [5.74, 6) is -0.902. The van der Waals surface area contributed by atoms with Crippen LogP contribution in [-0.2, 0) is 13.1 Å². The van der Waals surface area contributed by atoms with E-state index in [1.54, 1.807) is 12.1 Å². The summed E-state index contributed by atoms with van der Waals surface area (Å²) in [6.45, 7) is 1.23. The monoisotopic (exact) mass is 280 g/mol. The van der Waals surface area contributed by atoms with Crippen LogP contribution in [0.3, 0.4) is 0 Å². The standard InChI is InChI=1S/C17H16N2O2/c18-10-13-3-4-14-7-8-19(16(14)9-13)11-12-1-5-15(6-2-12)17(20)21/h1-9H,10-11,18H2,(H,20,21). The lowest BCUT2D eigenvalue weighted by molar-refractivity contribution is 0.0697. The molecule has 4 heteroatoms. The molecule has 0 fully saturated rings. The maximum absolute atomic E-state index is 10.9. The number of carbonyl (C=O) groups is 1. The zero-order chi connectivity index (χ0) is 14.8. The Morgan fingerprint density at radius 3 is 2.43 bits per heavy atom. The summed E-state index contributed by atoms with van der Waals surface area (Å²) < 4.78 is 2.14. The fourth-order valence-electron chi connectivity index (χ4n) is 2.44. The molecule has 0 amide bonds. The predicted octanol–water partition coefficient (Wildman–Crippen LogP) is 2.85. The second kappa shape index (κ2) is 5.42. The number of aromatic nitrogens is 1. The SMILES string of the molecule is NCc1ccc2ccn(Cc3ccc(C(=O)O)cc3)c2c1. The quantitative estimate of drug-likeness (QED) is 0.772. The molecular formula is C17H16N2O2. The molecule has 0 unspecified atom stereocenters. The van der Waals surface area contributed by atoms with E-state index in [1.807, 2.05) is 24.4 Å². The molecule has 3 rings (SSSR count). The lowest BCUT2D eigenvalue weighted by Gasteiger charge is -2.07. The highest BCUT2D eigenvalue weighted by molar-refractivity contribution is 5.87.